The highest BCUT2D eigenvalue weighted by molar-refractivity contribution is 6.00. The Morgan fingerprint density at radius 3 is 2.51 bits per heavy atom. The number of alkyl halides is 3. The first-order chi connectivity index (χ1) is 21.3. The summed E-state index contributed by atoms with van der Waals surface area (Å²) in [7, 11) is 2.77. The van der Waals surface area contributed by atoms with Gasteiger partial charge in [0.2, 0.25) is 11.5 Å². The smallest absolute Gasteiger partial charge is 0.424 e. The molecule has 3 heterocycles. The number of pyridine rings is 1. The van der Waals surface area contributed by atoms with Crippen LogP contribution in [0.15, 0.2) is 48.7 Å². The van der Waals surface area contributed by atoms with Crippen molar-refractivity contribution in [2.75, 3.05) is 27.3 Å². The molecule has 2 atom stereocenters. The molecule has 4 aromatic rings. The van der Waals surface area contributed by atoms with Crippen LogP contribution in [-0.2, 0) is 15.8 Å². The standard InChI is InChI=1S/C31H29F4N5O5/c1-29(28(42)36-2)15-45-26-21(29)12-23(38-25(26)16-4-6-19(32)7-5-16)30(43,31(33,34)35)14-37-27(41)17-10-18-13-40(20-8-9-20)39-24(18)22(11-17)44-3/h4-7,10-13,20,43H,8-9,14-15H2,1-3H3,(H,36,42)(H,37,41)/t29-,30?/m0/s1. The molecule has 2 aromatic carbocycles. The number of hydrogen-bond donors (Lipinski definition) is 3. The van der Waals surface area contributed by atoms with E-state index in [1.54, 1.807) is 10.9 Å². The molecule has 1 aliphatic heterocycles. The van der Waals surface area contributed by atoms with Crippen LogP contribution in [0.3, 0.4) is 0 Å². The van der Waals surface area contributed by atoms with Gasteiger partial charge in [0.1, 0.15) is 40.5 Å². The maximum atomic E-state index is 14.8. The Morgan fingerprint density at radius 2 is 1.89 bits per heavy atom. The van der Waals surface area contributed by atoms with Crippen LogP contribution >= 0.6 is 0 Å². The van der Waals surface area contributed by atoms with Gasteiger partial charge in [-0.2, -0.15) is 18.3 Å². The number of ether oxygens (including phenoxy) is 2. The van der Waals surface area contributed by atoms with Crippen molar-refractivity contribution in [3.8, 4) is 22.8 Å². The van der Waals surface area contributed by atoms with Crippen LogP contribution in [0.4, 0.5) is 17.6 Å². The van der Waals surface area contributed by atoms with Crippen molar-refractivity contribution < 1.29 is 41.7 Å². The summed E-state index contributed by atoms with van der Waals surface area (Å²) < 4.78 is 71.0. The van der Waals surface area contributed by atoms with E-state index < -0.39 is 47.1 Å². The van der Waals surface area contributed by atoms with Crippen molar-refractivity contribution in [3.63, 3.8) is 0 Å². The van der Waals surface area contributed by atoms with Gasteiger partial charge in [0.05, 0.1) is 25.4 Å². The first kappa shape index (κ1) is 30.3. The van der Waals surface area contributed by atoms with E-state index in [0.717, 1.165) is 31.0 Å². The van der Waals surface area contributed by atoms with Gasteiger partial charge >= 0.3 is 6.18 Å². The van der Waals surface area contributed by atoms with Gasteiger partial charge in [-0.15, -0.1) is 0 Å². The highest BCUT2D eigenvalue weighted by atomic mass is 19.4. The van der Waals surface area contributed by atoms with Crippen molar-refractivity contribution >= 4 is 22.7 Å². The summed E-state index contributed by atoms with van der Waals surface area (Å²) in [5.74, 6) is -1.75. The largest absolute Gasteiger partial charge is 0.494 e. The number of carbonyl (C=O) groups is 2. The number of benzene rings is 2. The normalized spacial score (nSPS) is 19.0. The molecule has 3 N–H and O–H groups in total. The number of nitrogens with zero attached hydrogens (tertiary/aromatic N) is 3. The van der Waals surface area contributed by atoms with E-state index in [0.29, 0.717) is 10.9 Å². The fourth-order valence-corrected chi connectivity index (χ4v) is 5.44. The molecule has 1 unspecified atom stereocenters. The Bertz CT molecular complexity index is 1820. The lowest BCUT2D eigenvalue weighted by atomic mass is 9.81. The average Bonchev–Trinajstić information content (AvgIpc) is 3.69. The summed E-state index contributed by atoms with van der Waals surface area (Å²) in [6.45, 7) is -0.0490. The molecular formula is C31H29F4N5O5. The van der Waals surface area contributed by atoms with Crippen LogP contribution in [0.5, 0.6) is 11.5 Å². The van der Waals surface area contributed by atoms with Gasteiger partial charge in [0, 0.05) is 35.3 Å². The average molecular weight is 628 g/mol. The Balaban J connectivity index is 1.40. The van der Waals surface area contributed by atoms with Crippen LogP contribution in [0.1, 0.15) is 47.4 Å². The Kier molecular flexibility index (Phi) is 7.22. The van der Waals surface area contributed by atoms with Gasteiger partial charge in [-0.3, -0.25) is 14.3 Å². The SMILES string of the molecule is CNC(=O)[C@@]1(C)COc2c1cc(C(O)(CNC(=O)c1cc(OC)c3nn(C4CC4)cc3c1)C(F)(F)F)nc2-c1ccc(F)cc1. The summed E-state index contributed by atoms with van der Waals surface area (Å²) in [4.78, 5) is 30.3. The number of rotatable bonds is 8. The van der Waals surface area contributed by atoms with Crippen molar-refractivity contribution in [1.29, 1.82) is 0 Å². The molecule has 2 aromatic heterocycles. The highest BCUT2D eigenvalue weighted by Gasteiger charge is 2.58. The van der Waals surface area contributed by atoms with Crippen LogP contribution in [0, 0.1) is 5.82 Å². The van der Waals surface area contributed by atoms with Crippen molar-refractivity contribution in [3.05, 3.63) is 71.3 Å². The zero-order chi connectivity index (χ0) is 32.3. The van der Waals surface area contributed by atoms with Gasteiger partial charge in [0.25, 0.3) is 5.91 Å². The summed E-state index contributed by atoms with van der Waals surface area (Å²) in [6, 6.07) is 8.84. The topological polar surface area (TPSA) is 128 Å². The predicted molar refractivity (Wildman–Crippen MR) is 153 cm³/mol. The van der Waals surface area contributed by atoms with E-state index in [1.807, 2.05) is 0 Å². The first-order valence-electron chi connectivity index (χ1n) is 14.1. The number of aromatic nitrogens is 3. The minimum Gasteiger partial charge on any atom is -0.494 e. The minimum atomic E-state index is -5.34. The molecule has 2 aliphatic rings. The Morgan fingerprint density at radius 1 is 1.18 bits per heavy atom. The maximum Gasteiger partial charge on any atom is 0.424 e. The molecule has 0 spiro atoms. The summed E-state index contributed by atoms with van der Waals surface area (Å²) in [5.41, 5.74) is -5.43. The van der Waals surface area contributed by atoms with Gasteiger partial charge in [0.15, 0.2) is 0 Å². The lowest BCUT2D eigenvalue weighted by molar-refractivity contribution is -0.265. The van der Waals surface area contributed by atoms with E-state index in [9.17, 15) is 32.3 Å². The maximum absolute atomic E-state index is 14.8. The van der Waals surface area contributed by atoms with Crippen LogP contribution < -0.4 is 20.1 Å². The molecule has 0 saturated heterocycles. The molecule has 0 bridgehead atoms. The molecule has 2 amide bonds. The molecule has 0 radical (unpaired) electrons. The number of likely N-dealkylation sites (N-methyl/N-ethyl adjacent to an activating group) is 1. The lowest BCUT2D eigenvalue weighted by Gasteiger charge is -2.31. The van der Waals surface area contributed by atoms with Crippen LogP contribution in [0.2, 0.25) is 0 Å². The quantitative estimate of drug-likeness (QED) is 0.251. The summed E-state index contributed by atoms with van der Waals surface area (Å²) >= 11 is 0. The molecule has 1 aliphatic carbocycles. The number of amides is 2. The number of halogens is 4. The number of fused-ring (bicyclic) bond motifs is 2. The third kappa shape index (κ3) is 5.12. The number of nitrogens with one attached hydrogen (secondary N) is 2. The Hall–Kier alpha value is -4.72. The van der Waals surface area contributed by atoms with Gasteiger partial charge in [-0.25, -0.2) is 9.37 Å². The number of methoxy groups -OCH3 is 1. The number of aliphatic hydroxyl groups is 1. The molecule has 45 heavy (non-hydrogen) atoms. The minimum absolute atomic E-state index is 0.00581. The fourth-order valence-electron chi connectivity index (χ4n) is 5.44. The van der Waals surface area contributed by atoms with E-state index in [2.05, 4.69) is 20.7 Å². The molecule has 1 saturated carbocycles. The fraction of sp³-hybridized carbons (Fsp3) is 0.355. The van der Waals surface area contributed by atoms with Crippen LogP contribution in [0.25, 0.3) is 22.2 Å². The zero-order valence-corrected chi connectivity index (χ0v) is 24.5. The molecule has 1 fully saturated rings. The van der Waals surface area contributed by atoms with Crippen LogP contribution in [-0.4, -0.2) is 65.2 Å². The van der Waals surface area contributed by atoms with Gasteiger partial charge in [-0.1, -0.05) is 0 Å². The Labute approximate surface area is 254 Å². The second kappa shape index (κ2) is 10.7. The number of carbonyl (C=O) groups excluding carboxylic acids is 2. The predicted octanol–water partition coefficient (Wildman–Crippen LogP) is 4.16. The van der Waals surface area contributed by atoms with Crippen molar-refractivity contribution in [2.24, 2.45) is 0 Å². The monoisotopic (exact) mass is 627 g/mol. The van der Waals surface area contributed by atoms with E-state index in [-0.39, 0.29) is 46.5 Å². The van der Waals surface area contributed by atoms with Gasteiger partial charge < -0.3 is 25.2 Å². The van der Waals surface area contributed by atoms with E-state index in [4.69, 9.17) is 9.47 Å². The molecule has 6 rings (SSSR count). The molecule has 236 valence electrons. The summed E-state index contributed by atoms with van der Waals surface area (Å²) in [6.07, 6.45) is -1.66. The second-order valence-electron chi connectivity index (χ2n) is 11.4. The van der Waals surface area contributed by atoms with Gasteiger partial charge in [-0.05, 0) is 62.2 Å². The summed E-state index contributed by atoms with van der Waals surface area (Å²) in [5, 5.41) is 21.1. The van der Waals surface area contributed by atoms with E-state index in [1.165, 1.54) is 45.3 Å². The lowest BCUT2D eigenvalue weighted by Crippen LogP contribution is -2.52. The molecular weight excluding hydrogens is 598 g/mol. The number of hydrogen-bond acceptors (Lipinski definition) is 7. The van der Waals surface area contributed by atoms with Crippen molar-refractivity contribution in [2.45, 2.75) is 43.0 Å². The van der Waals surface area contributed by atoms with Crippen molar-refractivity contribution in [1.82, 2.24) is 25.4 Å². The third-order valence-electron chi connectivity index (χ3n) is 8.31. The zero-order valence-electron chi connectivity index (χ0n) is 24.5. The van der Waals surface area contributed by atoms with E-state index >= 15 is 0 Å². The molecule has 14 heteroatoms. The third-order valence-corrected chi connectivity index (χ3v) is 8.31. The highest BCUT2D eigenvalue weighted by Crippen LogP contribution is 2.48. The second-order valence-corrected chi connectivity index (χ2v) is 11.4. The molecule has 10 nitrogen and oxygen atoms in total. The first-order valence-corrected chi connectivity index (χ1v) is 14.1.